The zero-order chi connectivity index (χ0) is 33.6. The largest absolute Gasteiger partial charge is 0.421 e. The maximum absolute atomic E-state index is 13.8. The molecule has 12 heteroatoms. The Bertz CT molecular complexity index is 1760. The van der Waals surface area contributed by atoms with Crippen LogP contribution in [0.2, 0.25) is 0 Å². The zero-order valence-electron chi connectivity index (χ0n) is 26.1. The molecule has 244 valence electrons. The van der Waals surface area contributed by atoms with Gasteiger partial charge in [0.2, 0.25) is 11.9 Å². The van der Waals surface area contributed by atoms with E-state index in [1.54, 1.807) is 31.2 Å². The molecular weight excluding hydrogens is 607 g/mol. The highest BCUT2D eigenvalue weighted by Gasteiger charge is 2.35. The highest BCUT2D eigenvalue weighted by molar-refractivity contribution is 6.00. The Kier molecular flexibility index (Phi) is 10.1. The van der Waals surface area contributed by atoms with E-state index in [1.165, 1.54) is 24.7 Å². The Labute approximate surface area is 271 Å². The van der Waals surface area contributed by atoms with Crippen molar-refractivity contribution in [2.75, 3.05) is 36.1 Å². The van der Waals surface area contributed by atoms with Gasteiger partial charge in [0.25, 0.3) is 5.91 Å². The summed E-state index contributed by atoms with van der Waals surface area (Å²) in [6, 6.07) is 21.8. The SMILES string of the molecule is C=C(C)C(=O)N1CCCC(c2cccc(NCc3ccc(Nc4ncc(C(F)(F)F)c(Nc5ccccc5C(=O)NC)n4)cc3)c2)C1. The van der Waals surface area contributed by atoms with Crippen LogP contribution in [0.1, 0.15) is 52.7 Å². The van der Waals surface area contributed by atoms with E-state index in [0.29, 0.717) is 30.5 Å². The second-order valence-corrected chi connectivity index (χ2v) is 11.4. The number of para-hydroxylation sites is 1. The van der Waals surface area contributed by atoms with Gasteiger partial charge in [-0.2, -0.15) is 18.2 Å². The van der Waals surface area contributed by atoms with Gasteiger partial charge in [0.15, 0.2) is 0 Å². The minimum atomic E-state index is -4.72. The maximum Gasteiger partial charge on any atom is 0.421 e. The molecule has 0 bridgehead atoms. The average molecular weight is 644 g/mol. The van der Waals surface area contributed by atoms with Gasteiger partial charge in [-0.15, -0.1) is 0 Å². The third-order valence-corrected chi connectivity index (χ3v) is 7.88. The number of hydrogen-bond acceptors (Lipinski definition) is 7. The van der Waals surface area contributed by atoms with Crippen molar-refractivity contribution in [1.29, 1.82) is 0 Å². The predicted molar refractivity (Wildman–Crippen MR) is 177 cm³/mol. The molecule has 47 heavy (non-hydrogen) atoms. The summed E-state index contributed by atoms with van der Waals surface area (Å²) < 4.78 is 41.5. The van der Waals surface area contributed by atoms with Gasteiger partial charge in [0.05, 0.1) is 11.3 Å². The quantitative estimate of drug-likeness (QED) is 0.135. The van der Waals surface area contributed by atoms with Crippen LogP contribution in [-0.4, -0.2) is 46.8 Å². The van der Waals surface area contributed by atoms with Crippen LogP contribution in [0.5, 0.6) is 0 Å². The first-order chi connectivity index (χ1) is 22.5. The maximum atomic E-state index is 13.8. The van der Waals surface area contributed by atoms with E-state index in [9.17, 15) is 22.8 Å². The number of nitrogens with one attached hydrogen (secondary N) is 4. The van der Waals surface area contributed by atoms with Gasteiger partial charge in [-0.1, -0.05) is 43.0 Å². The van der Waals surface area contributed by atoms with Crippen LogP contribution in [0.3, 0.4) is 0 Å². The molecule has 2 heterocycles. The summed E-state index contributed by atoms with van der Waals surface area (Å²) >= 11 is 0. The molecule has 4 N–H and O–H groups in total. The number of hydrogen-bond donors (Lipinski definition) is 4. The Morgan fingerprint density at radius 2 is 1.77 bits per heavy atom. The molecule has 1 aliphatic rings. The van der Waals surface area contributed by atoms with E-state index < -0.39 is 23.5 Å². The van der Waals surface area contributed by atoms with E-state index in [-0.39, 0.29) is 29.0 Å². The van der Waals surface area contributed by atoms with E-state index >= 15 is 0 Å². The highest BCUT2D eigenvalue weighted by Crippen LogP contribution is 2.36. The lowest BCUT2D eigenvalue weighted by Gasteiger charge is -2.33. The van der Waals surface area contributed by atoms with Gasteiger partial charge in [-0.3, -0.25) is 9.59 Å². The summed E-state index contributed by atoms with van der Waals surface area (Å²) in [5.41, 5.74) is 3.53. The molecule has 4 aromatic rings. The first-order valence-electron chi connectivity index (χ1n) is 15.2. The first kappa shape index (κ1) is 33.0. The van der Waals surface area contributed by atoms with Crippen molar-refractivity contribution in [1.82, 2.24) is 20.2 Å². The molecule has 0 saturated carbocycles. The fourth-order valence-corrected chi connectivity index (χ4v) is 5.44. The van der Waals surface area contributed by atoms with Gasteiger partial charge in [-0.25, -0.2) is 4.98 Å². The monoisotopic (exact) mass is 643 g/mol. The fraction of sp³-hybridized carbons (Fsp3) is 0.257. The van der Waals surface area contributed by atoms with Gasteiger partial charge in [-0.05, 0) is 67.3 Å². The Balaban J connectivity index is 1.24. The number of carbonyl (C=O) groups is 2. The standard InChI is InChI=1S/C35H36F3N7O2/c1-22(2)33(47)45-17-7-9-25(21-45)24-8-6-10-27(18-24)40-19-23-13-15-26(16-14-23)42-34-41-20-29(35(36,37)38)31(44-34)43-30-12-5-4-11-28(30)32(46)39-3/h4-6,8,10-16,18,20,25,40H,1,7,9,17,19,21H2,2-3H3,(H,39,46)(H2,41,42,43,44). The lowest BCUT2D eigenvalue weighted by Crippen LogP contribution is -2.39. The van der Waals surface area contributed by atoms with E-state index in [4.69, 9.17) is 0 Å². The minimum absolute atomic E-state index is 0.00699. The molecule has 1 saturated heterocycles. The first-order valence-corrected chi connectivity index (χ1v) is 15.2. The molecule has 5 rings (SSSR count). The Hall–Kier alpha value is -5.39. The van der Waals surface area contributed by atoms with Crippen molar-refractivity contribution in [3.63, 3.8) is 0 Å². The molecule has 2 amide bonds. The lowest BCUT2D eigenvalue weighted by molar-refractivity contribution is -0.137. The fourth-order valence-electron chi connectivity index (χ4n) is 5.44. The minimum Gasteiger partial charge on any atom is -0.381 e. The third-order valence-electron chi connectivity index (χ3n) is 7.88. The van der Waals surface area contributed by atoms with E-state index in [1.807, 2.05) is 29.2 Å². The van der Waals surface area contributed by atoms with Crippen molar-refractivity contribution < 1.29 is 22.8 Å². The number of benzene rings is 3. The molecule has 3 aromatic carbocycles. The lowest BCUT2D eigenvalue weighted by atomic mass is 9.90. The molecule has 1 atom stereocenters. The molecule has 9 nitrogen and oxygen atoms in total. The molecule has 1 aromatic heterocycles. The van der Waals surface area contributed by atoms with Gasteiger partial charge in [0.1, 0.15) is 11.4 Å². The molecule has 0 radical (unpaired) electrons. The van der Waals surface area contributed by atoms with Crippen molar-refractivity contribution in [2.24, 2.45) is 0 Å². The number of rotatable bonds is 10. The molecule has 1 fully saturated rings. The number of carbonyl (C=O) groups excluding carboxylic acids is 2. The second-order valence-electron chi connectivity index (χ2n) is 11.4. The number of likely N-dealkylation sites (tertiary alicyclic amines) is 1. The van der Waals surface area contributed by atoms with Crippen molar-refractivity contribution in [2.45, 2.75) is 38.4 Å². The highest BCUT2D eigenvalue weighted by atomic mass is 19.4. The second kappa shape index (κ2) is 14.4. The summed E-state index contributed by atoms with van der Waals surface area (Å²) in [6.07, 6.45) is -2.06. The number of aromatic nitrogens is 2. The average Bonchev–Trinajstić information content (AvgIpc) is 3.07. The van der Waals surface area contributed by atoms with Crippen LogP contribution in [0.15, 0.2) is 91.1 Å². The van der Waals surface area contributed by atoms with Crippen molar-refractivity contribution in [3.8, 4) is 0 Å². The van der Waals surface area contributed by atoms with E-state index in [0.717, 1.165) is 30.6 Å². The van der Waals surface area contributed by atoms with Crippen LogP contribution >= 0.6 is 0 Å². The number of nitrogens with zero attached hydrogens (tertiary/aromatic N) is 3. The smallest absolute Gasteiger partial charge is 0.381 e. The molecule has 1 unspecified atom stereocenters. The number of piperidine rings is 1. The van der Waals surface area contributed by atoms with Crippen molar-refractivity contribution >= 4 is 40.6 Å². The summed E-state index contributed by atoms with van der Waals surface area (Å²) in [5.74, 6) is -0.728. The molecule has 0 spiro atoms. The zero-order valence-corrected chi connectivity index (χ0v) is 26.1. The van der Waals surface area contributed by atoms with Gasteiger partial charge in [0, 0.05) is 55.7 Å². The molecule has 0 aliphatic carbocycles. The van der Waals surface area contributed by atoms with Crippen LogP contribution in [0, 0.1) is 0 Å². The number of amides is 2. The topological polar surface area (TPSA) is 111 Å². The van der Waals surface area contributed by atoms with Crippen LogP contribution in [0.4, 0.5) is 42.0 Å². The predicted octanol–water partition coefficient (Wildman–Crippen LogP) is 7.24. The van der Waals surface area contributed by atoms with Crippen LogP contribution < -0.4 is 21.3 Å². The van der Waals surface area contributed by atoms with E-state index in [2.05, 4.69) is 49.9 Å². The summed E-state index contributed by atoms with van der Waals surface area (Å²) in [6.45, 7) is 7.51. The molecular formula is C35H36F3N7O2. The summed E-state index contributed by atoms with van der Waals surface area (Å²) in [5, 5.41) is 11.5. The van der Waals surface area contributed by atoms with Crippen LogP contribution in [-0.2, 0) is 17.5 Å². The summed E-state index contributed by atoms with van der Waals surface area (Å²) in [4.78, 5) is 34.6. The molecule has 1 aliphatic heterocycles. The number of alkyl halides is 3. The number of anilines is 5. The summed E-state index contributed by atoms with van der Waals surface area (Å²) in [7, 11) is 1.44. The van der Waals surface area contributed by atoms with Gasteiger partial charge >= 0.3 is 6.18 Å². The third kappa shape index (κ3) is 8.26. The Morgan fingerprint density at radius 3 is 2.49 bits per heavy atom. The van der Waals surface area contributed by atoms with Crippen molar-refractivity contribution in [3.05, 3.63) is 113 Å². The number of halogens is 3. The van der Waals surface area contributed by atoms with Crippen LogP contribution in [0.25, 0.3) is 0 Å². The normalized spacial score (nSPS) is 14.7. The van der Waals surface area contributed by atoms with Gasteiger partial charge < -0.3 is 26.2 Å². The Morgan fingerprint density at radius 1 is 1.00 bits per heavy atom.